The molecule has 0 radical (unpaired) electrons. The van der Waals surface area contributed by atoms with Gasteiger partial charge >= 0.3 is 5.97 Å². The molecule has 2 aromatic heterocycles. The van der Waals surface area contributed by atoms with Crippen LogP contribution in [0.5, 0.6) is 0 Å². The minimum Gasteiger partial charge on any atom is -0.481 e. The molecule has 0 saturated heterocycles. The van der Waals surface area contributed by atoms with Crippen LogP contribution in [0.1, 0.15) is 48.7 Å². The van der Waals surface area contributed by atoms with E-state index >= 15 is 0 Å². The molecule has 162 valence electrons. The Morgan fingerprint density at radius 3 is 2.56 bits per heavy atom. The monoisotopic (exact) mass is 427 g/mol. The highest BCUT2D eigenvalue weighted by atomic mass is 16.4. The lowest BCUT2D eigenvalue weighted by molar-refractivity contribution is -0.239. The highest BCUT2D eigenvalue weighted by Crippen LogP contribution is 2.76. The number of furan rings is 1. The first-order valence-electron chi connectivity index (χ1n) is 11.2. The van der Waals surface area contributed by atoms with Crippen molar-refractivity contribution in [2.75, 3.05) is 0 Å². The van der Waals surface area contributed by atoms with Gasteiger partial charge < -0.3 is 14.1 Å². The Balaban J connectivity index is 1.26. The third kappa shape index (κ3) is 2.70. The van der Waals surface area contributed by atoms with E-state index in [-0.39, 0.29) is 17.1 Å². The first kappa shape index (κ1) is 19.4. The lowest BCUT2D eigenvalue weighted by Crippen LogP contribution is -2.67. The zero-order chi connectivity index (χ0) is 22.1. The number of carboxylic acid groups (broad SMARTS) is 1. The smallest absolute Gasteiger partial charge is 0.309 e. The van der Waals surface area contributed by atoms with Gasteiger partial charge in [-0.05, 0) is 54.9 Å². The number of ketones is 1. The molecule has 3 fully saturated rings. The SMILES string of the molecule is C[C@@H](CC(=O)c1cccc2ccn(Cc3cc4ccccc4o3)c12)C12CC(C(=O)O)(C1)C2. The van der Waals surface area contributed by atoms with Gasteiger partial charge in [-0.3, -0.25) is 9.59 Å². The van der Waals surface area contributed by atoms with Crippen LogP contribution in [0.2, 0.25) is 0 Å². The maximum atomic E-state index is 13.4. The van der Waals surface area contributed by atoms with E-state index < -0.39 is 11.4 Å². The molecule has 1 N–H and O–H groups in total. The molecule has 2 aromatic carbocycles. The van der Waals surface area contributed by atoms with Crippen LogP contribution in [0.25, 0.3) is 21.9 Å². The number of aliphatic carboxylic acids is 1. The number of fused-ring (bicyclic) bond motifs is 2. The molecule has 0 amide bonds. The number of rotatable bonds is 7. The minimum absolute atomic E-state index is 0.0399. The van der Waals surface area contributed by atoms with Gasteiger partial charge in [-0.2, -0.15) is 0 Å². The van der Waals surface area contributed by atoms with Crippen molar-refractivity contribution in [3.05, 3.63) is 72.1 Å². The van der Waals surface area contributed by atoms with Crippen molar-refractivity contribution in [3.8, 4) is 0 Å². The third-order valence-electron chi connectivity index (χ3n) is 7.95. The molecular formula is C27H25NO4. The highest BCUT2D eigenvalue weighted by Gasteiger charge is 2.73. The number of hydrogen-bond acceptors (Lipinski definition) is 3. The van der Waals surface area contributed by atoms with Gasteiger partial charge in [-0.25, -0.2) is 0 Å². The topological polar surface area (TPSA) is 72.4 Å². The van der Waals surface area contributed by atoms with Crippen molar-refractivity contribution in [1.29, 1.82) is 0 Å². The molecule has 4 aromatic rings. The van der Waals surface area contributed by atoms with Crippen LogP contribution in [0.4, 0.5) is 0 Å². The molecule has 2 heterocycles. The number of hydrogen-bond donors (Lipinski definition) is 1. The largest absolute Gasteiger partial charge is 0.481 e. The molecule has 3 saturated carbocycles. The van der Waals surface area contributed by atoms with E-state index in [1.807, 2.05) is 54.7 Å². The summed E-state index contributed by atoms with van der Waals surface area (Å²) in [6, 6.07) is 17.9. The number of carboxylic acids is 1. The molecule has 3 aliphatic rings. The summed E-state index contributed by atoms with van der Waals surface area (Å²) in [5, 5.41) is 11.5. The van der Waals surface area contributed by atoms with Crippen molar-refractivity contribution >= 4 is 33.6 Å². The van der Waals surface area contributed by atoms with E-state index in [0.29, 0.717) is 13.0 Å². The number of para-hydroxylation sites is 2. The Morgan fingerprint density at radius 1 is 1.06 bits per heavy atom. The van der Waals surface area contributed by atoms with Crippen molar-refractivity contribution in [2.45, 2.75) is 39.2 Å². The van der Waals surface area contributed by atoms with E-state index in [1.54, 1.807) is 0 Å². The summed E-state index contributed by atoms with van der Waals surface area (Å²) in [5.41, 5.74) is 2.07. The van der Waals surface area contributed by atoms with Crippen LogP contribution < -0.4 is 0 Å². The van der Waals surface area contributed by atoms with Crippen molar-refractivity contribution < 1.29 is 19.1 Å². The van der Waals surface area contributed by atoms with Gasteiger partial charge in [-0.1, -0.05) is 37.3 Å². The molecule has 3 aliphatic carbocycles. The number of carbonyl (C=O) groups is 2. The van der Waals surface area contributed by atoms with Gasteiger partial charge in [0.05, 0.1) is 17.5 Å². The maximum absolute atomic E-state index is 13.4. The zero-order valence-corrected chi connectivity index (χ0v) is 18.0. The summed E-state index contributed by atoms with van der Waals surface area (Å²) in [4.78, 5) is 24.8. The summed E-state index contributed by atoms with van der Waals surface area (Å²) < 4.78 is 8.09. The van der Waals surface area contributed by atoms with Gasteiger partial charge in [0.25, 0.3) is 0 Å². The zero-order valence-electron chi connectivity index (χ0n) is 18.0. The van der Waals surface area contributed by atoms with Crippen LogP contribution in [-0.4, -0.2) is 21.4 Å². The van der Waals surface area contributed by atoms with Crippen LogP contribution >= 0.6 is 0 Å². The van der Waals surface area contributed by atoms with Gasteiger partial charge in [0.15, 0.2) is 5.78 Å². The van der Waals surface area contributed by atoms with E-state index in [9.17, 15) is 14.7 Å². The predicted octanol–water partition coefficient (Wildman–Crippen LogP) is 5.90. The van der Waals surface area contributed by atoms with Crippen LogP contribution in [-0.2, 0) is 11.3 Å². The van der Waals surface area contributed by atoms with Crippen molar-refractivity contribution in [2.24, 2.45) is 16.7 Å². The summed E-state index contributed by atoms with van der Waals surface area (Å²) in [7, 11) is 0. The fourth-order valence-electron chi connectivity index (χ4n) is 6.12. The third-order valence-corrected chi connectivity index (χ3v) is 7.95. The Morgan fingerprint density at radius 2 is 1.81 bits per heavy atom. The number of nitrogens with zero attached hydrogens (tertiary/aromatic N) is 1. The fraction of sp³-hybridized carbons (Fsp3) is 0.333. The van der Waals surface area contributed by atoms with Crippen LogP contribution in [0, 0.1) is 16.7 Å². The first-order valence-corrected chi connectivity index (χ1v) is 11.2. The van der Waals surface area contributed by atoms with Gasteiger partial charge in [0.1, 0.15) is 11.3 Å². The van der Waals surface area contributed by atoms with Crippen LogP contribution in [0.3, 0.4) is 0 Å². The summed E-state index contributed by atoms with van der Waals surface area (Å²) in [5.74, 6) is 0.491. The second-order valence-electron chi connectivity index (χ2n) is 9.94. The fourth-order valence-corrected chi connectivity index (χ4v) is 6.12. The average molecular weight is 428 g/mol. The van der Waals surface area contributed by atoms with Gasteiger partial charge in [0, 0.05) is 29.0 Å². The Bertz CT molecular complexity index is 1340. The second kappa shape index (κ2) is 6.58. The lowest BCUT2D eigenvalue weighted by atomic mass is 9.32. The molecule has 7 rings (SSSR count). The Kier molecular flexibility index (Phi) is 3.98. The number of carbonyl (C=O) groups excluding carboxylic acids is 1. The lowest BCUT2D eigenvalue weighted by Gasteiger charge is -2.70. The Hall–Kier alpha value is -3.34. The molecule has 32 heavy (non-hydrogen) atoms. The molecule has 0 aliphatic heterocycles. The van der Waals surface area contributed by atoms with E-state index in [0.717, 1.165) is 52.5 Å². The maximum Gasteiger partial charge on any atom is 0.309 e. The second-order valence-corrected chi connectivity index (χ2v) is 9.94. The van der Waals surface area contributed by atoms with Crippen LogP contribution in [0.15, 0.2) is 65.2 Å². The Labute approximate surface area is 185 Å². The van der Waals surface area contributed by atoms with Crippen molar-refractivity contribution in [3.63, 3.8) is 0 Å². The van der Waals surface area contributed by atoms with E-state index in [2.05, 4.69) is 17.6 Å². The van der Waals surface area contributed by atoms with E-state index in [1.165, 1.54) is 0 Å². The minimum atomic E-state index is -0.675. The van der Waals surface area contributed by atoms with Crippen molar-refractivity contribution in [1.82, 2.24) is 4.57 Å². The molecule has 5 nitrogen and oxygen atoms in total. The molecule has 2 bridgehead atoms. The molecule has 0 spiro atoms. The predicted molar refractivity (Wildman–Crippen MR) is 122 cm³/mol. The molecule has 0 unspecified atom stereocenters. The molecule has 5 heteroatoms. The normalized spacial score (nSPS) is 24.8. The summed E-state index contributed by atoms with van der Waals surface area (Å²) in [6.45, 7) is 2.67. The van der Waals surface area contributed by atoms with E-state index in [4.69, 9.17) is 4.42 Å². The average Bonchev–Trinajstić information content (AvgIpc) is 3.29. The number of benzene rings is 2. The quantitative estimate of drug-likeness (QED) is 0.373. The van der Waals surface area contributed by atoms with Gasteiger partial charge in [-0.15, -0.1) is 0 Å². The molecule has 1 atom stereocenters. The molecular weight excluding hydrogens is 402 g/mol. The number of aromatic nitrogens is 1. The highest BCUT2D eigenvalue weighted by molar-refractivity contribution is 6.07. The standard InChI is InChI=1S/C27H25NO4/c1-17(26-14-27(15-26,16-26)25(30)31)11-22(29)21-7-4-6-18-9-10-28(24(18)21)13-20-12-19-5-2-3-8-23(19)32-20/h2-10,12,17H,11,13-16H2,1H3,(H,30,31)/t17-,26?,27?/m0/s1. The summed E-state index contributed by atoms with van der Waals surface area (Å²) >= 11 is 0. The summed E-state index contributed by atoms with van der Waals surface area (Å²) in [6.07, 6.45) is 4.61. The van der Waals surface area contributed by atoms with Gasteiger partial charge in [0.2, 0.25) is 0 Å². The number of Topliss-reactive ketones (excluding diaryl/α,β-unsaturated/α-hetero) is 1. The first-order chi connectivity index (χ1) is 15.4.